The quantitative estimate of drug-likeness (QED) is 0.440. The van der Waals surface area contributed by atoms with Gasteiger partial charge in [-0.1, -0.05) is 24.3 Å². The molecule has 0 aliphatic rings. The molecule has 0 aromatic heterocycles. The number of amides is 1. The fraction of sp³-hybridized carbons (Fsp3) is 0.250. The summed E-state index contributed by atoms with van der Waals surface area (Å²) in [6, 6.07) is 12.5. The minimum absolute atomic E-state index is 0.0585. The third kappa shape index (κ3) is 5.97. The number of phenols is 2. The van der Waals surface area contributed by atoms with Crippen LogP contribution in [0, 0.1) is 0 Å². The Labute approximate surface area is 148 Å². The van der Waals surface area contributed by atoms with Crippen molar-refractivity contribution >= 4 is 11.6 Å². The van der Waals surface area contributed by atoms with E-state index in [0.717, 1.165) is 30.5 Å². The number of benzene rings is 2. The molecule has 25 heavy (non-hydrogen) atoms. The lowest BCUT2D eigenvalue weighted by atomic mass is 10.1. The lowest BCUT2D eigenvalue weighted by Crippen LogP contribution is -2.30. The summed E-state index contributed by atoms with van der Waals surface area (Å²) in [5.74, 6) is 0.101. The number of hydrogen-bond donors (Lipinski definition) is 4. The van der Waals surface area contributed by atoms with Crippen molar-refractivity contribution in [1.82, 2.24) is 5.32 Å². The van der Waals surface area contributed by atoms with Crippen molar-refractivity contribution in [3.8, 4) is 11.5 Å². The number of anilines is 1. The summed E-state index contributed by atoms with van der Waals surface area (Å²) >= 11 is 0. The fourth-order valence-electron chi connectivity index (χ4n) is 2.56. The van der Waals surface area contributed by atoms with Crippen molar-refractivity contribution in [3.05, 3.63) is 66.2 Å². The highest BCUT2D eigenvalue weighted by atomic mass is 16.3. The second-order valence-corrected chi connectivity index (χ2v) is 5.95. The van der Waals surface area contributed by atoms with Crippen LogP contribution in [0.3, 0.4) is 0 Å². The monoisotopic (exact) mass is 340 g/mol. The van der Waals surface area contributed by atoms with Crippen LogP contribution < -0.4 is 10.6 Å². The second kappa shape index (κ2) is 8.89. The van der Waals surface area contributed by atoms with Gasteiger partial charge in [-0.25, -0.2) is 0 Å². The van der Waals surface area contributed by atoms with Crippen LogP contribution in [0.2, 0.25) is 0 Å². The first-order valence-electron chi connectivity index (χ1n) is 8.21. The van der Waals surface area contributed by atoms with E-state index < -0.39 is 0 Å². The molecule has 0 bridgehead atoms. The Morgan fingerprint density at radius 2 is 1.84 bits per heavy atom. The average molecular weight is 340 g/mol. The van der Waals surface area contributed by atoms with Gasteiger partial charge in [0.05, 0.1) is 5.69 Å². The molecule has 2 aromatic carbocycles. The Hall–Kier alpha value is -2.79. The molecule has 0 heterocycles. The number of aromatic hydroxyl groups is 2. The minimum Gasteiger partial charge on any atom is -0.508 e. The number of hydrogen-bond acceptors (Lipinski definition) is 4. The first-order chi connectivity index (χ1) is 12.0. The van der Waals surface area contributed by atoms with Gasteiger partial charge >= 0.3 is 0 Å². The number of nitrogens with one attached hydrogen (secondary N) is 2. The van der Waals surface area contributed by atoms with Crippen LogP contribution >= 0.6 is 0 Å². The Bertz CT molecular complexity index is 726. The molecule has 132 valence electrons. The fourth-order valence-corrected chi connectivity index (χ4v) is 2.56. The first-order valence-corrected chi connectivity index (χ1v) is 8.21. The van der Waals surface area contributed by atoms with E-state index in [1.165, 1.54) is 6.92 Å². The molecule has 1 unspecified atom stereocenters. The smallest absolute Gasteiger partial charge is 0.221 e. The van der Waals surface area contributed by atoms with E-state index in [1.54, 1.807) is 24.3 Å². The molecule has 0 saturated heterocycles. The second-order valence-electron chi connectivity index (χ2n) is 5.95. The number of phenolic OH excluding ortho intramolecular Hbond substituents is 2. The summed E-state index contributed by atoms with van der Waals surface area (Å²) in [5.41, 5.74) is 2.56. The van der Waals surface area contributed by atoms with Crippen LogP contribution in [-0.4, -0.2) is 28.7 Å². The summed E-state index contributed by atoms with van der Waals surface area (Å²) in [5, 5.41) is 25.1. The van der Waals surface area contributed by atoms with E-state index in [1.807, 2.05) is 24.3 Å². The number of carbonyl (C=O) groups excluding carboxylic acids is 1. The highest BCUT2D eigenvalue weighted by Crippen LogP contribution is 2.24. The van der Waals surface area contributed by atoms with Gasteiger partial charge in [-0.15, -0.1) is 6.58 Å². The van der Waals surface area contributed by atoms with Gasteiger partial charge in [0.25, 0.3) is 0 Å². The van der Waals surface area contributed by atoms with Gasteiger partial charge in [0.2, 0.25) is 5.91 Å². The molecule has 2 rings (SSSR count). The largest absolute Gasteiger partial charge is 0.508 e. The Balaban J connectivity index is 1.88. The Kier molecular flexibility index (Phi) is 6.60. The molecule has 0 fully saturated rings. The van der Waals surface area contributed by atoms with E-state index in [-0.39, 0.29) is 23.4 Å². The van der Waals surface area contributed by atoms with E-state index in [9.17, 15) is 15.0 Å². The predicted octanol–water partition coefficient (Wildman–Crippen LogP) is 2.99. The van der Waals surface area contributed by atoms with Crippen molar-refractivity contribution in [3.63, 3.8) is 0 Å². The van der Waals surface area contributed by atoms with Crippen molar-refractivity contribution in [2.45, 2.75) is 25.8 Å². The molecule has 5 heteroatoms. The molecule has 0 aliphatic carbocycles. The Morgan fingerprint density at radius 1 is 1.16 bits per heavy atom. The molecule has 1 amide bonds. The van der Waals surface area contributed by atoms with Crippen LogP contribution in [0.1, 0.15) is 18.1 Å². The van der Waals surface area contributed by atoms with E-state index in [2.05, 4.69) is 17.2 Å². The van der Waals surface area contributed by atoms with Crippen LogP contribution in [0.25, 0.3) is 0 Å². The van der Waals surface area contributed by atoms with Gasteiger partial charge in [0.15, 0.2) is 0 Å². The SMILES string of the molecule is C=CC(Cc1ccc(O)cc1)NCCc1ccc(O)c(NC(C)=O)c1. The molecule has 0 spiro atoms. The van der Waals surface area contributed by atoms with Crippen LogP contribution in [0.4, 0.5) is 5.69 Å². The van der Waals surface area contributed by atoms with Crippen molar-refractivity contribution in [2.75, 3.05) is 11.9 Å². The molecule has 0 radical (unpaired) electrons. The molecular formula is C20H24N2O3. The zero-order valence-electron chi connectivity index (χ0n) is 14.3. The molecule has 5 nitrogen and oxygen atoms in total. The van der Waals surface area contributed by atoms with Crippen molar-refractivity contribution in [2.24, 2.45) is 0 Å². The zero-order chi connectivity index (χ0) is 18.2. The third-order valence-corrected chi connectivity index (χ3v) is 3.87. The summed E-state index contributed by atoms with van der Waals surface area (Å²) in [4.78, 5) is 11.2. The molecule has 0 aliphatic heterocycles. The van der Waals surface area contributed by atoms with Gasteiger partial charge in [-0.3, -0.25) is 4.79 Å². The highest BCUT2D eigenvalue weighted by molar-refractivity contribution is 5.90. The van der Waals surface area contributed by atoms with Gasteiger partial charge in [-0.2, -0.15) is 0 Å². The van der Waals surface area contributed by atoms with Gasteiger partial charge in [0, 0.05) is 13.0 Å². The molecule has 2 aromatic rings. The first kappa shape index (κ1) is 18.5. The summed E-state index contributed by atoms with van der Waals surface area (Å²) in [6.45, 7) is 6.01. The molecule has 0 saturated carbocycles. The predicted molar refractivity (Wildman–Crippen MR) is 99.9 cm³/mol. The molecule has 4 N–H and O–H groups in total. The van der Waals surface area contributed by atoms with E-state index >= 15 is 0 Å². The van der Waals surface area contributed by atoms with Gasteiger partial charge in [0.1, 0.15) is 11.5 Å². The maximum Gasteiger partial charge on any atom is 0.221 e. The van der Waals surface area contributed by atoms with E-state index in [4.69, 9.17) is 0 Å². The molecule has 1 atom stereocenters. The van der Waals surface area contributed by atoms with Crippen LogP contribution in [0.5, 0.6) is 11.5 Å². The summed E-state index contributed by atoms with van der Waals surface area (Å²) in [7, 11) is 0. The van der Waals surface area contributed by atoms with Crippen LogP contribution in [0.15, 0.2) is 55.1 Å². The maximum atomic E-state index is 11.2. The standard InChI is InChI=1S/C20H24N2O3/c1-3-17(12-15-4-7-18(24)8-5-15)21-11-10-16-6-9-20(25)19(13-16)22-14(2)23/h3-9,13,17,21,24-25H,1,10-12H2,2H3,(H,22,23). The Morgan fingerprint density at radius 3 is 2.48 bits per heavy atom. The van der Waals surface area contributed by atoms with Crippen molar-refractivity contribution < 1.29 is 15.0 Å². The van der Waals surface area contributed by atoms with Crippen LogP contribution in [-0.2, 0) is 17.6 Å². The third-order valence-electron chi connectivity index (χ3n) is 3.87. The maximum absolute atomic E-state index is 11.2. The topological polar surface area (TPSA) is 81.6 Å². The number of rotatable bonds is 8. The van der Waals surface area contributed by atoms with Gasteiger partial charge < -0.3 is 20.8 Å². The molecular weight excluding hydrogens is 316 g/mol. The lowest BCUT2D eigenvalue weighted by Gasteiger charge is -2.15. The minimum atomic E-state index is -0.216. The summed E-state index contributed by atoms with van der Waals surface area (Å²) in [6.07, 6.45) is 3.41. The van der Waals surface area contributed by atoms with Gasteiger partial charge in [-0.05, 0) is 54.8 Å². The highest BCUT2D eigenvalue weighted by Gasteiger charge is 2.07. The summed E-state index contributed by atoms with van der Waals surface area (Å²) < 4.78 is 0. The van der Waals surface area contributed by atoms with E-state index in [0.29, 0.717) is 5.69 Å². The van der Waals surface area contributed by atoms with Crippen molar-refractivity contribution in [1.29, 1.82) is 0 Å². The number of carbonyl (C=O) groups is 1. The zero-order valence-corrected chi connectivity index (χ0v) is 14.3. The lowest BCUT2D eigenvalue weighted by molar-refractivity contribution is -0.114. The average Bonchev–Trinajstić information content (AvgIpc) is 2.58. The normalized spacial score (nSPS) is 11.7.